The Kier molecular flexibility index (Phi) is 4.93. The topological polar surface area (TPSA) is 72.2 Å². The van der Waals surface area contributed by atoms with Crippen molar-refractivity contribution >= 4 is 44.8 Å². The molecule has 0 aromatic heterocycles. The Balaban J connectivity index is 2.07. The Morgan fingerprint density at radius 2 is 1.90 bits per heavy atom. The van der Waals surface area contributed by atoms with Crippen LogP contribution in [0.1, 0.15) is 5.56 Å². The van der Waals surface area contributed by atoms with Gasteiger partial charge in [0.05, 0.1) is 11.3 Å². The second-order valence-electron chi connectivity index (χ2n) is 4.27. The van der Waals surface area contributed by atoms with Gasteiger partial charge >= 0.3 is 0 Å². The molecule has 0 fully saturated rings. The number of amides is 1. The number of nitro groups is 1. The van der Waals surface area contributed by atoms with Gasteiger partial charge in [0.1, 0.15) is 5.02 Å². The van der Waals surface area contributed by atoms with Crippen LogP contribution >= 0.6 is 27.5 Å². The van der Waals surface area contributed by atoms with Crippen molar-refractivity contribution in [3.8, 4) is 0 Å². The minimum Gasteiger partial charge on any atom is -0.326 e. The lowest BCUT2D eigenvalue weighted by Crippen LogP contribution is -2.14. The van der Waals surface area contributed by atoms with Crippen molar-refractivity contribution in [3.05, 3.63) is 67.6 Å². The summed E-state index contributed by atoms with van der Waals surface area (Å²) >= 11 is 9.03. The van der Waals surface area contributed by atoms with Gasteiger partial charge < -0.3 is 5.32 Å². The van der Waals surface area contributed by atoms with E-state index in [2.05, 4.69) is 21.2 Å². The lowest BCUT2D eigenvalue weighted by molar-refractivity contribution is -0.384. The molecule has 0 saturated heterocycles. The van der Waals surface area contributed by atoms with Crippen molar-refractivity contribution < 1.29 is 9.72 Å². The second kappa shape index (κ2) is 6.69. The van der Waals surface area contributed by atoms with Crippen LogP contribution in [0.4, 0.5) is 11.4 Å². The molecule has 0 saturated carbocycles. The molecule has 0 aliphatic carbocycles. The molecule has 1 N–H and O–H groups in total. The molecular formula is C14H10BrClN2O3. The number of anilines is 1. The molecule has 21 heavy (non-hydrogen) atoms. The molecule has 0 bridgehead atoms. The van der Waals surface area contributed by atoms with Gasteiger partial charge in [0, 0.05) is 16.2 Å². The molecule has 0 spiro atoms. The molecule has 0 radical (unpaired) electrons. The predicted octanol–water partition coefficient (Wildman–Crippen LogP) is 4.19. The maximum Gasteiger partial charge on any atom is 0.289 e. The Hall–Kier alpha value is -1.92. The number of halogens is 2. The summed E-state index contributed by atoms with van der Waals surface area (Å²) in [6.07, 6.45) is 0.184. The zero-order valence-electron chi connectivity index (χ0n) is 10.7. The average molecular weight is 370 g/mol. The SMILES string of the molecule is O=C(Cc1ccc(Br)cc1)Nc1ccc(Cl)c([N+](=O)[O-])c1. The van der Waals surface area contributed by atoms with Gasteiger partial charge in [0.25, 0.3) is 5.69 Å². The van der Waals surface area contributed by atoms with Crippen molar-refractivity contribution in [1.82, 2.24) is 0 Å². The van der Waals surface area contributed by atoms with E-state index in [4.69, 9.17) is 11.6 Å². The van der Waals surface area contributed by atoms with E-state index in [-0.39, 0.29) is 23.0 Å². The highest BCUT2D eigenvalue weighted by atomic mass is 79.9. The Morgan fingerprint density at radius 1 is 1.24 bits per heavy atom. The second-order valence-corrected chi connectivity index (χ2v) is 5.60. The van der Waals surface area contributed by atoms with Crippen LogP contribution in [0.2, 0.25) is 5.02 Å². The van der Waals surface area contributed by atoms with E-state index in [1.54, 1.807) is 0 Å². The first-order chi connectivity index (χ1) is 9.95. The van der Waals surface area contributed by atoms with Crippen LogP contribution in [0.25, 0.3) is 0 Å². The number of hydrogen-bond donors (Lipinski definition) is 1. The number of hydrogen-bond acceptors (Lipinski definition) is 3. The molecule has 1 amide bonds. The van der Waals surface area contributed by atoms with Crippen molar-refractivity contribution in [2.45, 2.75) is 6.42 Å². The maximum atomic E-state index is 11.9. The fourth-order valence-electron chi connectivity index (χ4n) is 1.72. The van der Waals surface area contributed by atoms with Gasteiger partial charge in [0.15, 0.2) is 0 Å². The normalized spacial score (nSPS) is 10.2. The molecule has 0 aliphatic rings. The largest absolute Gasteiger partial charge is 0.326 e. The monoisotopic (exact) mass is 368 g/mol. The molecule has 7 heteroatoms. The van der Waals surface area contributed by atoms with Crippen LogP contribution in [0.3, 0.4) is 0 Å². The first-order valence-electron chi connectivity index (χ1n) is 5.94. The molecule has 0 aliphatic heterocycles. The zero-order chi connectivity index (χ0) is 15.4. The van der Waals surface area contributed by atoms with Crippen LogP contribution in [0.5, 0.6) is 0 Å². The first kappa shape index (κ1) is 15.5. The third kappa shape index (κ3) is 4.27. The quantitative estimate of drug-likeness (QED) is 0.648. The van der Waals surface area contributed by atoms with Gasteiger partial charge in [-0.25, -0.2) is 0 Å². The molecule has 0 unspecified atom stereocenters. The van der Waals surface area contributed by atoms with Crippen molar-refractivity contribution in [2.75, 3.05) is 5.32 Å². The van der Waals surface area contributed by atoms with Crippen LogP contribution < -0.4 is 5.32 Å². The van der Waals surface area contributed by atoms with Gasteiger partial charge in [-0.3, -0.25) is 14.9 Å². The summed E-state index contributed by atoms with van der Waals surface area (Å²) in [5.74, 6) is -0.256. The fraction of sp³-hybridized carbons (Fsp3) is 0.0714. The van der Waals surface area contributed by atoms with Crippen molar-refractivity contribution in [3.63, 3.8) is 0 Å². The van der Waals surface area contributed by atoms with Crippen LogP contribution in [-0.4, -0.2) is 10.8 Å². The summed E-state index contributed by atoms with van der Waals surface area (Å²) in [7, 11) is 0. The van der Waals surface area contributed by atoms with Gasteiger partial charge in [-0.05, 0) is 29.8 Å². The fourth-order valence-corrected chi connectivity index (χ4v) is 2.17. The molecule has 2 rings (SSSR count). The summed E-state index contributed by atoms with van der Waals surface area (Å²) in [6.45, 7) is 0. The van der Waals surface area contributed by atoms with E-state index in [0.717, 1.165) is 10.0 Å². The van der Waals surface area contributed by atoms with Crippen LogP contribution in [0, 0.1) is 10.1 Å². The van der Waals surface area contributed by atoms with E-state index in [1.165, 1.54) is 18.2 Å². The first-order valence-corrected chi connectivity index (χ1v) is 7.11. The van der Waals surface area contributed by atoms with Crippen LogP contribution in [-0.2, 0) is 11.2 Å². The Morgan fingerprint density at radius 3 is 2.52 bits per heavy atom. The third-order valence-corrected chi connectivity index (χ3v) is 3.55. The number of nitrogens with one attached hydrogen (secondary N) is 1. The number of benzene rings is 2. The summed E-state index contributed by atoms with van der Waals surface area (Å²) in [5, 5.41) is 13.4. The maximum absolute atomic E-state index is 11.9. The smallest absolute Gasteiger partial charge is 0.289 e. The molecule has 108 valence electrons. The van der Waals surface area contributed by atoms with Gasteiger partial charge in [-0.15, -0.1) is 0 Å². The Labute approximate surface area is 134 Å². The van der Waals surface area contributed by atoms with E-state index in [1.807, 2.05) is 24.3 Å². The van der Waals surface area contributed by atoms with Gasteiger partial charge in [0.2, 0.25) is 5.91 Å². The number of carbonyl (C=O) groups is 1. The lowest BCUT2D eigenvalue weighted by Gasteiger charge is -2.06. The summed E-state index contributed by atoms with van der Waals surface area (Å²) in [4.78, 5) is 22.1. The average Bonchev–Trinajstić information content (AvgIpc) is 2.43. The Bertz CT molecular complexity index is 689. The van der Waals surface area contributed by atoms with E-state index >= 15 is 0 Å². The summed E-state index contributed by atoms with van der Waals surface area (Å²) in [5.41, 5.74) is 0.950. The van der Waals surface area contributed by atoms with E-state index in [9.17, 15) is 14.9 Å². The number of nitrogens with zero attached hydrogens (tertiary/aromatic N) is 1. The third-order valence-electron chi connectivity index (χ3n) is 2.70. The number of nitro benzene ring substituents is 1. The summed E-state index contributed by atoms with van der Waals surface area (Å²) in [6, 6.07) is 11.5. The summed E-state index contributed by atoms with van der Waals surface area (Å²) < 4.78 is 0.931. The van der Waals surface area contributed by atoms with Crippen molar-refractivity contribution in [2.24, 2.45) is 0 Å². The van der Waals surface area contributed by atoms with Crippen molar-refractivity contribution in [1.29, 1.82) is 0 Å². The molecule has 0 heterocycles. The molecule has 0 atom stereocenters. The van der Waals surface area contributed by atoms with E-state index in [0.29, 0.717) is 5.69 Å². The molecule has 2 aromatic rings. The zero-order valence-corrected chi connectivity index (χ0v) is 13.0. The number of rotatable bonds is 4. The number of carbonyl (C=O) groups excluding carboxylic acids is 1. The van der Waals surface area contributed by atoms with Gasteiger partial charge in [-0.2, -0.15) is 0 Å². The van der Waals surface area contributed by atoms with Crippen LogP contribution in [0.15, 0.2) is 46.9 Å². The lowest BCUT2D eigenvalue weighted by atomic mass is 10.1. The molecule has 5 nitrogen and oxygen atoms in total. The highest BCUT2D eigenvalue weighted by Gasteiger charge is 2.14. The highest BCUT2D eigenvalue weighted by molar-refractivity contribution is 9.10. The predicted molar refractivity (Wildman–Crippen MR) is 84.6 cm³/mol. The van der Waals surface area contributed by atoms with E-state index < -0.39 is 4.92 Å². The highest BCUT2D eigenvalue weighted by Crippen LogP contribution is 2.27. The minimum atomic E-state index is -0.591. The molecule has 2 aromatic carbocycles. The molecular weight excluding hydrogens is 360 g/mol. The van der Waals surface area contributed by atoms with Gasteiger partial charge in [-0.1, -0.05) is 39.7 Å². The standard InChI is InChI=1S/C14H10BrClN2O3/c15-10-3-1-9(2-4-10)7-14(19)17-11-5-6-12(16)13(8-11)18(20)21/h1-6,8H,7H2,(H,17,19). The minimum absolute atomic E-state index is 0.0332.